The van der Waals surface area contributed by atoms with Crippen LogP contribution in [0.2, 0.25) is 16.6 Å². The third-order valence-corrected chi connectivity index (χ3v) is 14.2. The summed E-state index contributed by atoms with van der Waals surface area (Å²) in [5.74, 6) is 0.871. The fourth-order valence-corrected chi connectivity index (χ4v) is 11.9. The molecule has 29 heavy (non-hydrogen) atoms. The molecule has 1 aliphatic heterocycles. The third kappa shape index (κ3) is 4.40. The molecule has 3 nitrogen and oxygen atoms in total. The lowest BCUT2D eigenvalue weighted by Crippen LogP contribution is -2.61. The lowest BCUT2D eigenvalue weighted by molar-refractivity contribution is -0.233. The maximum atomic E-state index is 10.6. The second-order valence-electron chi connectivity index (χ2n) is 10.5. The van der Waals surface area contributed by atoms with Crippen LogP contribution in [0.1, 0.15) is 81.6 Å². The molecule has 0 saturated heterocycles. The van der Waals surface area contributed by atoms with E-state index in [1.54, 1.807) is 0 Å². The van der Waals surface area contributed by atoms with Gasteiger partial charge in [0.05, 0.1) is 6.26 Å². The Morgan fingerprint density at radius 2 is 1.72 bits per heavy atom. The Hall–Kier alpha value is -0.583. The molecule has 3 unspecified atom stereocenters. The third-order valence-electron chi connectivity index (χ3n) is 8.07. The molecule has 0 amide bonds. The van der Waals surface area contributed by atoms with E-state index >= 15 is 0 Å². The summed E-state index contributed by atoms with van der Waals surface area (Å²) in [7, 11) is -2.18. The van der Waals surface area contributed by atoms with Gasteiger partial charge in [-0.05, 0) is 66.1 Å². The zero-order valence-electron chi connectivity index (χ0n) is 20.4. The summed E-state index contributed by atoms with van der Waals surface area (Å²) >= 11 is 0. The number of hydrogen-bond acceptors (Lipinski definition) is 3. The second-order valence-corrected chi connectivity index (χ2v) is 15.9. The maximum Gasteiger partial charge on any atom is 0.227 e. The van der Waals surface area contributed by atoms with Crippen molar-refractivity contribution in [2.75, 3.05) is 6.61 Å². The van der Waals surface area contributed by atoms with Crippen LogP contribution >= 0.6 is 0 Å². The van der Waals surface area contributed by atoms with E-state index in [1.165, 1.54) is 12.0 Å². The summed E-state index contributed by atoms with van der Waals surface area (Å²) < 4.78 is 13.6. The Labute approximate surface area is 181 Å². The topological polar surface area (TPSA) is 38.7 Å². The number of hydrogen-bond donors (Lipinski definition) is 1. The molecule has 5 atom stereocenters. The molecule has 0 bridgehead atoms. The first-order valence-electron chi connectivity index (χ1n) is 11.9. The van der Waals surface area contributed by atoms with Crippen molar-refractivity contribution in [2.24, 2.45) is 23.7 Å². The zero-order valence-corrected chi connectivity index (χ0v) is 21.4. The fraction of sp³-hybridized carbons (Fsp3) is 0.840. The molecule has 168 valence electrons. The van der Waals surface area contributed by atoms with Crippen molar-refractivity contribution in [3.63, 3.8) is 0 Å². The molecule has 0 spiro atoms. The number of rotatable bonds is 8. The molecule has 1 saturated carbocycles. The van der Waals surface area contributed by atoms with Gasteiger partial charge in [-0.25, -0.2) is 0 Å². The summed E-state index contributed by atoms with van der Waals surface area (Å²) in [4.78, 5) is 0. The van der Waals surface area contributed by atoms with E-state index in [-0.39, 0.29) is 12.5 Å². The average molecular weight is 423 g/mol. The quantitative estimate of drug-likeness (QED) is 0.336. The molecule has 0 aromatic carbocycles. The smallest absolute Gasteiger partial charge is 0.227 e. The van der Waals surface area contributed by atoms with Gasteiger partial charge in [-0.2, -0.15) is 0 Å². The Kier molecular flexibility index (Phi) is 8.25. The SMILES string of the molecule is C/C=C/C[C@@H]1C2=COC(CO)(O[Si](C(C)C)(C(C)C)C(C)C)C(C)C2CC[C@H]1C. The van der Waals surface area contributed by atoms with Crippen LogP contribution in [0.25, 0.3) is 0 Å². The molecule has 0 aromatic rings. The summed E-state index contributed by atoms with van der Waals surface area (Å²) in [5.41, 5.74) is 2.82. The van der Waals surface area contributed by atoms with Crippen LogP contribution in [-0.2, 0) is 9.16 Å². The van der Waals surface area contributed by atoms with Gasteiger partial charge in [-0.15, -0.1) is 0 Å². The van der Waals surface area contributed by atoms with Crippen LogP contribution in [0.3, 0.4) is 0 Å². The summed E-state index contributed by atoms with van der Waals surface area (Å²) in [5, 5.41) is 10.6. The molecule has 1 fully saturated rings. The Bertz CT molecular complexity index is 573. The molecular formula is C25H46O3Si. The van der Waals surface area contributed by atoms with Crippen molar-refractivity contribution >= 4 is 8.32 Å². The van der Waals surface area contributed by atoms with Crippen molar-refractivity contribution in [1.82, 2.24) is 0 Å². The van der Waals surface area contributed by atoms with Crippen LogP contribution in [0, 0.1) is 23.7 Å². The Morgan fingerprint density at radius 1 is 1.14 bits per heavy atom. The van der Waals surface area contributed by atoms with Crippen molar-refractivity contribution in [2.45, 2.75) is 104 Å². The Morgan fingerprint density at radius 3 is 2.21 bits per heavy atom. The van der Waals surface area contributed by atoms with E-state index in [1.807, 2.05) is 6.26 Å². The highest BCUT2D eigenvalue weighted by atomic mass is 28.4. The largest absolute Gasteiger partial charge is 0.468 e. The molecule has 2 rings (SSSR count). The van der Waals surface area contributed by atoms with Gasteiger partial charge in [0.2, 0.25) is 14.1 Å². The van der Waals surface area contributed by atoms with Crippen molar-refractivity contribution < 1.29 is 14.3 Å². The van der Waals surface area contributed by atoms with Gasteiger partial charge < -0.3 is 14.3 Å². The molecule has 1 aliphatic carbocycles. The molecule has 4 heteroatoms. The maximum absolute atomic E-state index is 10.6. The second kappa shape index (κ2) is 9.70. The number of fused-ring (bicyclic) bond motifs is 1. The number of aliphatic hydroxyl groups is 1. The van der Waals surface area contributed by atoms with E-state index in [2.05, 4.69) is 74.5 Å². The first kappa shape index (κ1) is 24.7. The number of allylic oxidation sites excluding steroid dienone is 3. The van der Waals surface area contributed by atoms with Crippen LogP contribution < -0.4 is 0 Å². The van der Waals surface area contributed by atoms with Gasteiger partial charge >= 0.3 is 0 Å². The van der Waals surface area contributed by atoms with Crippen LogP contribution in [-0.4, -0.2) is 25.8 Å². The molecule has 1 N–H and O–H groups in total. The predicted octanol–water partition coefficient (Wildman–Crippen LogP) is 7.05. The molecular weight excluding hydrogens is 376 g/mol. The predicted molar refractivity (Wildman–Crippen MR) is 125 cm³/mol. The van der Waals surface area contributed by atoms with E-state index < -0.39 is 14.1 Å². The van der Waals surface area contributed by atoms with Gasteiger partial charge in [0, 0.05) is 5.92 Å². The van der Waals surface area contributed by atoms with Gasteiger partial charge in [0.25, 0.3) is 0 Å². The van der Waals surface area contributed by atoms with Crippen molar-refractivity contribution in [3.8, 4) is 0 Å². The average Bonchev–Trinajstić information content (AvgIpc) is 2.66. The van der Waals surface area contributed by atoms with Crippen LogP contribution in [0.15, 0.2) is 24.0 Å². The molecule has 0 radical (unpaired) electrons. The first-order valence-corrected chi connectivity index (χ1v) is 14.0. The molecule has 1 heterocycles. The van der Waals surface area contributed by atoms with Gasteiger partial charge in [0.1, 0.15) is 6.61 Å². The van der Waals surface area contributed by atoms with E-state index in [0.717, 1.165) is 12.8 Å². The zero-order chi connectivity index (χ0) is 22.0. The van der Waals surface area contributed by atoms with E-state index in [9.17, 15) is 5.11 Å². The highest BCUT2D eigenvalue weighted by Gasteiger charge is 2.56. The standard InChI is InChI=1S/C25H46O3Si/c1-10-11-12-22-20(8)13-14-23-21(9)25(16-26,27-15-24(22)23)28-29(17(2)3,18(4)5)19(6)7/h10-11,15,17-23,26H,12-14,16H2,1-9H3/b11-10+/t20-,21?,22+,23?,25?/m1/s1. The summed E-state index contributed by atoms with van der Waals surface area (Å²) in [6.45, 7) is 20.4. The fourth-order valence-electron chi connectivity index (χ4n) is 6.34. The first-order chi connectivity index (χ1) is 13.6. The normalized spacial score (nSPS) is 33.3. The van der Waals surface area contributed by atoms with Crippen LogP contribution in [0.4, 0.5) is 0 Å². The summed E-state index contributed by atoms with van der Waals surface area (Å²) in [6.07, 6.45) is 9.90. The van der Waals surface area contributed by atoms with E-state index in [0.29, 0.717) is 34.4 Å². The van der Waals surface area contributed by atoms with Crippen molar-refractivity contribution in [1.29, 1.82) is 0 Å². The minimum Gasteiger partial charge on any atom is -0.468 e. The lowest BCUT2D eigenvalue weighted by atomic mass is 9.64. The monoisotopic (exact) mass is 422 g/mol. The van der Waals surface area contributed by atoms with Crippen LogP contribution in [0.5, 0.6) is 0 Å². The minimum absolute atomic E-state index is 0.0789. The number of aliphatic hydroxyl groups excluding tert-OH is 1. The highest BCUT2D eigenvalue weighted by Crippen LogP contribution is 2.53. The minimum atomic E-state index is -2.18. The van der Waals surface area contributed by atoms with Gasteiger partial charge in [-0.3, -0.25) is 0 Å². The van der Waals surface area contributed by atoms with E-state index in [4.69, 9.17) is 9.16 Å². The van der Waals surface area contributed by atoms with Crippen molar-refractivity contribution in [3.05, 3.63) is 24.0 Å². The van der Waals surface area contributed by atoms with Gasteiger partial charge in [0.15, 0.2) is 0 Å². The molecule has 0 aromatic heterocycles. The Balaban J connectivity index is 2.44. The lowest BCUT2D eigenvalue weighted by Gasteiger charge is -2.54. The summed E-state index contributed by atoms with van der Waals surface area (Å²) in [6, 6.07) is 0. The highest BCUT2D eigenvalue weighted by molar-refractivity contribution is 6.77. The van der Waals surface area contributed by atoms with Gasteiger partial charge in [-0.1, -0.05) is 67.5 Å². The number of ether oxygens (including phenoxy) is 1. The molecule has 2 aliphatic rings.